The molecule has 0 amide bonds. The van der Waals surface area contributed by atoms with Gasteiger partial charge in [0.15, 0.2) is 0 Å². The van der Waals surface area contributed by atoms with Crippen LogP contribution in [0, 0.1) is 10.1 Å². The molecule has 0 unspecified atom stereocenters. The summed E-state index contributed by atoms with van der Waals surface area (Å²) in [5.41, 5.74) is 4.39. The monoisotopic (exact) mass is 249 g/mol. The molecule has 3 N–H and O–H groups in total. The summed E-state index contributed by atoms with van der Waals surface area (Å²) in [6.45, 7) is 0. The van der Waals surface area contributed by atoms with Crippen molar-refractivity contribution in [2.75, 3.05) is 7.05 Å². The topological polar surface area (TPSA) is 119 Å². The van der Waals surface area contributed by atoms with Crippen molar-refractivity contribution in [3.8, 4) is 0 Å². The predicted molar refractivity (Wildman–Crippen MR) is 65.5 cm³/mol. The van der Waals surface area contributed by atoms with Gasteiger partial charge >= 0.3 is 11.7 Å². The maximum absolute atomic E-state index is 10.9. The molecule has 94 valence electrons. The number of carbonyl (C=O) groups is 1. The van der Waals surface area contributed by atoms with Crippen molar-refractivity contribution in [1.82, 2.24) is 0 Å². The van der Waals surface area contributed by atoms with E-state index in [1.807, 2.05) is 0 Å². The standard InChI is InChI=1S/C11H11N3O4/c1-13-9(11(15)16)10(14(17)18)8(12)7-5-3-2-4-6-7/h2-6H,12H2,1H3,(H,15,16). The van der Waals surface area contributed by atoms with E-state index in [2.05, 4.69) is 4.99 Å². The van der Waals surface area contributed by atoms with Gasteiger partial charge < -0.3 is 10.8 Å². The minimum atomic E-state index is -1.50. The summed E-state index contributed by atoms with van der Waals surface area (Å²) in [5, 5.41) is 19.8. The Morgan fingerprint density at radius 1 is 1.39 bits per heavy atom. The average molecular weight is 249 g/mol. The first-order valence-corrected chi connectivity index (χ1v) is 4.89. The average Bonchev–Trinajstić information content (AvgIpc) is 2.35. The fourth-order valence-corrected chi connectivity index (χ4v) is 1.37. The van der Waals surface area contributed by atoms with Crippen LogP contribution in [0.1, 0.15) is 5.56 Å². The Morgan fingerprint density at radius 3 is 2.33 bits per heavy atom. The van der Waals surface area contributed by atoms with Crippen LogP contribution in [0.25, 0.3) is 5.70 Å². The molecule has 1 rings (SSSR count). The molecular weight excluding hydrogens is 238 g/mol. The lowest BCUT2D eigenvalue weighted by Gasteiger charge is -2.04. The SMILES string of the molecule is CN=C(C(=O)O)C(=C(N)c1ccccc1)[N+](=O)[O-]. The molecule has 0 aliphatic carbocycles. The van der Waals surface area contributed by atoms with Crippen molar-refractivity contribution in [2.24, 2.45) is 10.7 Å². The zero-order chi connectivity index (χ0) is 13.7. The van der Waals surface area contributed by atoms with Crippen LogP contribution in [-0.4, -0.2) is 28.8 Å². The van der Waals surface area contributed by atoms with Gasteiger partial charge in [-0.3, -0.25) is 15.1 Å². The van der Waals surface area contributed by atoms with Crippen LogP contribution in [0.5, 0.6) is 0 Å². The zero-order valence-electron chi connectivity index (χ0n) is 9.53. The molecule has 0 aliphatic heterocycles. The number of carboxylic acids is 1. The highest BCUT2D eigenvalue weighted by Crippen LogP contribution is 2.15. The number of rotatable bonds is 4. The highest BCUT2D eigenvalue weighted by atomic mass is 16.6. The Morgan fingerprint density at radius 2 is 1.94 bits per heavy atom. The van der Waals surface area contributed by atoms with Gasteiger partial charge in [-0.05, 0) is 0 Å². The lowest BCUT2D eigenvalue weighted by molar-refractivity contribution is -0.414. The number of aliphatic imine (C=N–C) groups is 1. The number of hydrogen-bond donors (Lipinski definition) is 2. The maximum atomic E-state index is 10.9. The predicted octanol–water partition coefficient (Wildman–Crippen LogP) is 0.746. The van der Waals surface area contributed by atoms with E-state index in [9.17, 15) is 14.9 Å². The minimum Gasteiger partial charge on any atom is -0.476 e. The van der Waals surface area contributed by atoms with Crippen molar-refractivity contribution in [3.63, 3.8) is 0 Å². The molecule has 1 aromatic carbocycles. The normalized spacial score (nSPS) is 12.8. The Kier molecular flexibility index (Phi) is 4.14. The van der Waals surface area contributed by atoms with Gasteiger partial charge in [0.05, 0.1) is 4.92 Å². The summed E-state index contributed by atoms with van der Waals surface area (Å²) in [6, 6.07) is 8.10. The number of nitro groups is 1. The number of nitrogens with zero attached hydrogens (tertiary/aromatic N) is 2. The quantitative estimate of drug-likeness (QED) is 0.463. The molecule has 0 aliphatic rings. The minimum absolute atomic E-state index is 0.233. The molecule has 0 heterocycles. The Hall–Kier alpha value is -2.70. The van der Waals surface area contributed by atoms with Crippen LogP contribution in [0.4, 0.5) is 0 Å². The zero-order valence-corrected chi connectivity index (χ0v) is 9.53. The van der Waals surface area contributed by atoms with E-state index in [-0.39, 0.29) is 5.70 Å². The summed E-state index contributed by atoms with van der Waals surface area (Å²) in [7, 11) is 1.16. The number of aliphatic carboxylic acids is 1. The van der Waals surface area contributed by atoms with E-state index in [0.29, 0.717) is 5.56 Å². The molecule has 0 aromatic heterocycles. The fraction of sp³-hybridized carbons (Fsp3) is 0.0909. The lowest BCUT2D eigenvalue weighted by atomic mass is 10.1. The highest BCUT2D eigenvalue weighted by Gasteiger charge is 2.29. The largest absolute Gasteiger partial charge is 0.476 e. The lowest BCUT2D eigenvalue weighted by Crippen LogP contribution is -2.24. The Balaban J connectivity index is 3.45. The molecule has 0 radical (unpaired) electrons. The summed E-state index contributed by atoms with van der Waals surface area (Å²) >= 11 is 0. The van der Waals surface area contributed by atoms with E-state index in [0.717, 1.165) is 7.05 Å². The molecule has 18 heavy (non-hydrogen) atoms. The van der Waals surface area contributed by atoms with E-state index >= 15 is 0 Å². The summed E-state index contributed by atoms with van der Waals surface area (Å²) in [5.74, 6) is -1.50. The van der Waals surface area contributed by atoms with Gasteiger partial charge in [0, 0.05) is 12.6 Å². The van der Waals surface area contributed by atoms with Gasteiger partial charge in [-0.2, -0.15) is 0 Å². The van der Waals surface area contributed by atoms with Gasteiger partial charge in [-0.15, -0.1) is 0 Å². The number of benzene rings is 1. The highest BCUT2D eigenvalue weighted by molar-refractivity contribution is 6.42. The van der Waals surface area contributed by atoms with Gasteiger partial charge in [0.2, 0.25) is 5.71 Å². The third kappa shape index (κ3) is 2.70. The van der Waals surface area contributed by atoms with Crippen LogP contribution in [0.3, 0.4) is 0 Å². The second kappa shape index (κ2) is 5.58. The third-order valence-corrected chi connectivity index (χ3v) is 2.17. The van der Waals surface area contributed by atoms with Crippen molar-refractivity contribution < 1.29 is 14.8 Å². The van der Waals surface area contributed by atoms with Crippen molar-refractivity contribution in [1.29, 1.82) is 0 Å². The molecule has 0 bridgehead atoms. The van der Waals surface area contributed by atoms with Crippen molar-refractivity contribution >= 4 is 17.4 Å². The summed E-state index contributed by atoms with van der Waals surface area (Å²) in [6.07, 6.45) is 0. The van der Waals surface area contributed by atoms with Crippen LogP contribution < -0.4 is 5.73 Å². The molecule has 0 spiro atoms. The molecule has 0 atom stereocenters. The molecule has 0 saturated heterocycles. The van der Waals surface area contributed by atoms with Crippen LogP contribution in [0.2, 0.25) is 0 Å². The number of nitrogens with two attached hydrogens (primary N) is 1. The number of hydrogen-bond acceptors (Lipinski definition) is 5. The van der Waals surface area contributed by atoms with Crippen LogP contribution >= 0.6 is 0 Å². The first-order chi connectivity index (χ1) is 8.49. The van der Waals surface area contributed by atoms with Crippen molar-refractivity contribution in [3.05, 3.63) is 51.7 Å². The molecule has 7 heteroatoms. The first kappa shape index (κ1) is 13.4. The Bertz CT molecular complexity index is 534. The van der Waals surface area contributed by atoms with Gasteiger partial charge in [-0.25, -0.2) is 4.79 Å². The van der Waals surface area contributed by atoms with Gasteiger partial charge in [-0.1, -0.05) is 30.3 Å². The van der Waals surface area contributed by atoms with E-state index in [4.69, 9.17) is 10.8 Å². The van der Waals surface area contributed by atoms with Gasteiger partial charge in [0.1, 0.15) is 5.70 Å². The van der Waals surface area contributed by atoms with E-state index in [1.54, 1.807) is 30.3 Å². The molecular formula is C11H11N3O4. The molecule has 0 saturated carbocycles. The maximum Gasteiger partial charge on any atom is 0.361 e. The third-order valence-electron chi connectivity index (χ3n) is 2.17. The molecule has 0 fully saturated rings. The van der Waals surface area contributed by atoms with E-state index in [1.165, 1.54) is 0 Å². The second-order valence-electron chi connectivity index (χ2n) is 3.26. The summed E-state index contributed by atoms with van der Waals surface area (Å²) < 4.78 is 0. The van der Waals surface area contributed by atoms with Crippen molar-refractivity contribution in [2.45, 2.75) is 0 Å². The van der Waals surface area contributed by atoms with Crippen LogP contribution in [-0.2, 0) is 4.79 Å². The molecule has 7 nitrogen and oxygen atoms in total. The summed E-state index contributed by atoms with van der Waals surface area (Å²) in [4.78, 5) is 24.4. The fourth-order valence-electron chi connectivity index (χ4n) is 1.37. The second-order valence-corrected chi connectivity index (χ2v) is 3.26. The number of carboxylic acid groups (broad SMARTS) is 1. The molecule has 1 aromatic rings. The van der Waals surface area contributed by atoms with Gasteiger partial charge in [0.25, 0.3) is 0 Å². The Labute approximate surface area is 102 Å². The first-order valence-electron chi connectivity index (χ1n) is 4.89. The van der Waals surface area contributed by atoms with E-state index < -0.39 is 22.3 Å². The smallest absolute Gasteiger partial charge is 0.361 e. The van der Waals surface area contributed by atoms with Crippen LogP contribution in [0.15, 0.2) is 41.0 Å².